The zero-order chi connectivity index (χ0) is 9.97. The summed E-state index contributed by atoms with van der Waals surface area (Å²) in [5.41, 5.74) is 0. The molecular weight excluding hydrogens is 178 g/mol. The maximum atomic E-state index is 12.0. The van der Waals surface area contributed by atoms with Crippen LogP contribution in [0.2, 0.25) is 0 Å². The summed E-state index contributed by atoms with van der Waals surface area (Å²) < 4.78 is 5.43. The van der Waals surface area contributed by atoms with Crippen molar-refractivity contribution in [1.29, 1.82) is 0 Å². The molecule has 0 aliphatic carbocycles. The quantitative estimate of drug-likeness (QED) is 0.672. The predicted octanol–water partition coefficient (Wildman–Crippen LogP) is 1.57. The Morgan fingerprint density at radius 1 is 1.43 bits per heavy atom. The second-order valence-electron chi connectivity index (χ2n) is 4.24. The van der Waals surface area contributed by atoms with Gasteiger partial charge >= 0.3 is 0 Å². The van der Waals surface area contributed by atoms with Crippen molar-refractivity contribution in [2.24, 2.45) is 0 Å². The molecule has 2 rings (SSSR count). The molecule has 2 unspecified atom stereocenters. The van der Waals surface area contributed by atoms with Gasteiger partial charge in [0.1, 0.15) is 6.10 Å². The molecule has 0 saturated carbocycles. The summed E-state index contributed by atoms with van der Waals surface area (Å²) in [6.07, 6.45) is 5.26. The fourth-order valence-electron chi connectivity index (χ4n) is 2.51. The third-order valence-electron chi connectivity index (χ3n) is 3.34. The molecule has 3 nitrogen and oxygen atoms in total. The first-order valence-corrected chi connectivity index (χ1v) is 5.75. The van der Waals surface area contributed by atoms with Crippen LogP contribution in [0, 0.1) is 0 Å². The van der Waals surface area contributed by atoms with Crippen LogP contribution in [0.1, 0.15) is 39.0 Å². The molecule has 0 N–H and O–H groups in total. The van der Waals surface area contributed by atoms with E-state index in [1.807, 2.05) is 4.90 Å². The monoisotopic (exact) mass is 197 g/mol. The molecule has 2 fully saturated rings. The average Bonchev–Trinajstić information content (AvgIpc) is 2.87. The number of likely N-dealkylation sites (tertiary alicyclic amines) is 1. The molecular formula is C11H19NO2. The van der Waals surface area contributed by atoms with Gasteiger partial charge in [-0.15, -0.1) is 0 Å². The van der Waals surface area contributed by atoms with Gasteiger partial charge in [-0.2, -0.15) is 0 Å². The van der Waals surface area contributed by atoms with E-state index in [0.717, 1.165) is 38.8 Å². The van der Waals surface area contributed by atoms with E-state index < -0.39 is 0 Å². The first-order chi connectivity index (χ1) is 6.83. The summed E-state index contributed by atoms with van der Waals surface area (Å²) in [6.45, 7) is 3.87. The van der Waals surface area contributed by atoms with Gasteiger partial charge in [-0.25, -0.2) is 0 Å². The summed E-state index contributed by atoms with van der Waals surface area (Å²) in [6, 6.07) is 0.478. The van der Waals surface area contributed by atoms with Crippen molar-refractivity contribution in [3.8, 4) is 0 Å². The van der Waals surface area contributed by atoms with Crippen molar-refractivity contribution in [3.63, 3.8) is 0 Å². The number of hydrogen-bond donors (Lipinski definition) is 0. The molecule has 0 aromatic carbocycles. The van der Waals surface area contributed by atoms with Crippen LogP contribution in [0.5, 0.6) is 0 Å². The molecule has 3 heteroatoms. The fourth-order valence-corrected chi connectivity index (χ4v) is 2.51. The van der Waals surface area contributed by atoms with Crippen LogP contribution >= 0.6 is 0 Å². The van der Waals surface area contributed by atoms with Crippen LogP contribution in [0.25, 0.3) is 0 Å². The maximum Gasteiger partial charge on any atom is 0.251 e. The lowest BCUT2D eigenvalue weighted by molar-refractivity contribution is -0.141. The van der Waals surface area contributed by atoms with Gasteiger partial charge in [-0.1, -0.05) is 6.92 Å². The highest BCUT2D eigenvalue weighted by Crippen LogP contribution is 2.23. The molecule has 14 heavy (non-hydrogen) atoms. The van der Waals surface area contributed by atoms with Crippen LogP contribution in [0.4, 0.5) is 0 Å². The lowest BCUT2D eigenvalue weighted by atomic mass is 10.1. The van der Waals surface area contributed by atoms with Gasteiger partial charge < -0.3 is 9.64 Å². The maximum absolute atomic E-state index is 12.0. The Kier molecular flexibility index (Phi) is 3.06. The highest BCUT2D eigenvalue weighted by molar-refractivity contribution is 5.81. The van der Waals surface area contributed by atoms with Gasteiger partial charge in [0.15, 0.2) is 0 Å². The number of amides is 1. The van der Waals surface area contributed by atoms with Gasteiger partial charge in [0.05, 0.1) is 0 Å². The van der Waals surface area contributed by atoms with Crippen molar-refractivity contribution < 1.29 is 9.53 Å². The summed E-state index contributed by atoms with van der Waals surface area (Å²) in [7, 11) is 0. The third kappa shape index (κ3) is 1.78. The standard InChI is InChI=1S/C11H19NO2/c1-2-9-5-3-7-12(9)11(13)10-6-4-8-14-10/h9-10H,2-8H2,1H3. The zero-order valence-corrected chi connectivity index (χ0v) is 8.87. The van der Waals surface area contributed by atoms with Gasteiger partial charge in [0.2, 0.25) is 0 Å². The van der Waals surface area contributed by atoms with E-state index >= 15 is 0 Å². The molecule has 0 radical (unpaired) electrons. The minimum Gasteiger partial charge on any atom is -0.368 e. The Morgan fingerprint density at radius 2 is 2.29 bits per heavy atom. The Labute approximate surface area is 85.4 Å². The summed E-state index contributed by atoms with van der Waals surface area (Å²) in [5, 5.41) is 0. The Balaban J connectivity index is 1.95. The Bertz CT molecular complexity index is 211. The van der Waals surface area contributed by atoms with Crippen LogP contribution in [-0.4, -0.2) is 36.1 Å². The highest BCUT2D eigenvalue weighted by atomic mass is 16.5. The molecule has 2 saturated heterocycles. The topological polar surface area (TPSA) is 29.5 Å². The molecule has 0 spiro atoms. The van der Waals surface area contributed by atoms with Crippen molar-refractivity contribution in [2.45, 2.75) is 51.2 Å². The molecule has 0 aromatic heterocycles. The van der Waals surface area contributed by atoms with E-state index in [-0.39, 0.29) is 12.0 Å². The molecule has 2 heterocycles. The van der Waals surface area contributed by atoms with Gasteiger partial charge in [-0.3, -0.25) is 4.79 Å². The summed E-state index contributed by atoms with van der Waals surface area (Å²) in [4.78, 5) is 14.1. The van der Waals surface area contributed by atoms with E-state index in [9.17, 15) is 4.79 Å². The Hall–Kier alpha value is -0.570. The van der Waals surface area contributed by atoms with Crippen molar-refractivity contribution in [2.75, 3.05) is 13.2 Å². The molecule has 0 aromatic rings. The van der Waals surface area contributed by atoms with Crippen LogP contribution < -0.4 is 0 Å². The second kappa shape index (κ2) is 4.30. The lowest BCUT2D eigenvalue weighted by Gasteiger charge is -2.26. The second-order valence-corrected chi connectivity index (χ2v) is 4.24. The first-order valence-electron chi connectivity index (χ1n) is 5.75. The predicted molar refractivity (Wildman–Crippen MR) is 54.0 cm³/mol. The lowest BCUT2D eigenvalue weighted by Crippen LogP contribution is -2.41. The van der Waals surface area contributed by atoms with Crippen molar-refractivity contribution in [3.05, 3.63) is 0 Å². The largest absolute Gasteiger partial charge is 0.368 e. The number of hydrogen-bond acceptors (Lipinski definition) is 2. The number of nitrogens with zero attached hydrogens (tertiary/aromatic N) is 1. The van der Waals surface area contributed by atoms with Gasteiger partial charge in [0.25, 0.3) is 5.91 Å². The number of carbonyl (C=O) groups is 1. The van der Waals surface area contributed by atoms with Crippen molar-refractivity contribution in [1.82, 2.24) is 4.90 Å². The SMILES string of the molecule is CCC1CCCN1C(=O)C1CCCO1. The normalized spacial score (nSPS) is 32.5. The minimum atomic E-state index is -0.123. The van der Waals surface area contributed by atoms with E-state index in [4.69, 9.17) is 4.74 Å². The van der Waals surface area contributed by atoms with Crippen LogP contribution in [-0.2, 0) is 9.53 Å². The molecule has 80 valence electrons. The zero-order valence-electron chi connectivity index (χ0n) is 8.87. The molecule has 2 aliphatic rings. The van der Waals surface area contributed by atoms with Gasteiger partial charge in [0, 0.05) is 19.2 Å². The first kappa shape index (κ1) is 9.97. The van der Waals surface area contributed by atoms with E-state index in [0.29, 0.717) is 6.04 Å². The third-order valence-corrected chi connectivity index (χ3v) is 3.34. The summed E-state index contributed by atoms with van der Waals surface area (Å²) in [5.74, 6) is 0.242. The summed E-state index contributed by atoms with van der Waals surface area (Å²) >= 11 is 0. The average molecular weight is 197 g/mol. The van der Waals surface area contributed by atoms with Crippen LogP contribution in [0.3, 0.4) is 0 Å². The number of carbonyl (C=O) groups excluding carboxylic acids is 1. The fraction of sp³-hybridized carbons (Fsp3) is 0.909. The van der Waals surface area contributed by atoms with Crippen LogP contribution in [0.15, 0.2) is 0 Å². The highest BCUT2D eigenvalue weighted by Gasteiger charge is 2.33. The Morgan fingerprint density at radius 3 is 2.93 bits per heavy atom. The van der Waals surface area contributed by atoms with E-state index in [1.54, 1.807) is 0 Å². The molecule has 0 bridgehead atoms. The minimum absolute atomic E-state index is 0.123. The smallest absolute Gasteiger partial charge is 0.251 e. The molecule has 2 aliphatic heterocycles. The molecule has 1 amide bonds. The molecule has 2 atom stereocenters. The van der Waals surface area contributed by atoms with Gasteiger partial charge in [-0.05, 0) is 32.1 Å². The van der Waals surface area contributed by atoms with E-state index in [2.05, 4.69) is 6.92 Å². The number of rotatable bonds is 2. The van der Waals surface area contributed by atoms with Crippen molar-refractivity contribution >= 4 is 5.91 Å². The number of ether oxygens (including phenoxy) is 1. The van der Waals surface area contributed by atoms with E-state index in [1.165, 1.54) is 6.42 Å².